The highest BCUT2D eigenvalue weighted by Crippen LogP contribution is 2.37. The van der Waals surface area contributed by atoms with Crippen molar-refractivity contribution in [1.29, 1.82) is 0 Å². The molecule has 0 bridgehead atoms. The highest BCUT2D eigenvalue weighted by Gasteiger charge is 2.30. The summed E-state index contributed by atoms with van der Waals surface area (Å²) >= 11 is 3.48. The molecule has 0 aliphatic carbocycles. The molecule has 0 heterocycles. The highest BCUT2D eigenvalue weighted by atomic mass is 79.9. The van der Waals surface area contributed by atoms with Gasteiger partial charge in [-0.25, -0.2) is 5.43 Å². The SMILES string of the molecule is COc1cc(/C=N\NC(=O)c2cccc(C(F)(F)F)c2)cc(Br)c1OCc1ccc2ccccc2c1. The molecule has 0 aliphatic rings. The molecule has 1 amide bonds. The van der Waals surface area contributed by atoms with Gasteiger partial charge in [-0.15, -0.1) is 0 Å². The maximum absolute atomic E-state index is 12.9. The number of hydrogen-bond donors (Lipinski definition) is 1. The summed E-state index contributed by atoms with van der Waals surface area (Å²) < 4.78 is 50.7. The number of benzene rings is 4. The molecule has 4 aromatic carbocycles. The van der Waals surface area contributed by atoms with Gasteiger partial charge >= 0.3 is 6.18 Å². The van der Waals surface area contributed by atoms with Crippen molar-refractivity contribution in [1.82, 2.24) is 5.43 Å². The van der Waals surface area contributed by atoms with Gasteiger partial charge in [0.2, 0.25) is 0 Å². The Morgan fingerprint density at radius 1 is 1.00 bits per heavy atom. The second-order valence-electron chi connectivity index (χ2n) is 7.78. The van der Waals surface area contributed by atoms with Crippen molar-refractivity contribution in [3.63, 3.8) is 0 Å². The van der Waals surface area contributed by atoms with Crippen LogP contribution in [0.2, 0.25) is 0 Å². The summed E-state index contributed by atoms with van der Waals surface area (Å²) in [5.41, 5.74) is 2.73. The van der Waals surface area contributed by atoms with Crippen LogP contribution in [0, 0.1) is 0 Å². The molecule has 0 aromatic heterocycles. The zero-order chi connectivity index (χ0) is 25.7. The highest BCUT2D eigenvalue weighted by molar-refractivity contribution is 9.10. The van der Waals surface area contributed by atoms with Gasteiger partial charge in [0.1, 0.15) is 6.61 Å². The number of hydrogen-bond acceptors (Lipinski definition) is 4. The lowest BCUT2D eigenvalue weighted by atomic mass is 10.1. The summed E-state index contributed by atoms with van der Waals surface area (Å²) in [6.07, 6.45) is -3.19. The van der Waals surface area contributed by atoms with Crippen molar-refractivity contribution in [2.75, 3.05) is 7.11 Å². The van der Waals surface area contributed by atoms with E-state index in [4.69, 9.17) is 9.47 Å². The zero-order valence-corrected chi connectivity index (χ0v) is 20.6. The molecule has 5 nitrogen and oxygen atoms in total. The normalized spacial score (nSPS) is 11.6. The van der Waals surface area contributed by atoms with Crippen LogP contribution in [0.1, 0.15) is 27.0 Å². The summed E-state index contributed by atoms with van der Waals surface area (Å²) in [5, 5.41) is 6.11. The summed E-state index contributed by atoms with van der Waals surface area (Å²) in [6.45, 7) is 0.320. The average molecular weight is 557 g/mol. The Kier molecular flexibility index (Phi) is 7.59. The van der Waals surface area contributed by atoms with Gasteiger partial charge in [-0.05, 0) is 74.2 Å². The Morgan fingerprint density at radius 2 is 1.78 bits per heavy atom. The number of rotatable bonds is 7. The molecule has 0 atom stereocenters. The lowest BCUT2D eigenvalue weighted by Gasteiger charge is -2.14. The van der Waals surface area contributed by atoms with Crippen LogP contribution in [0.4, 0.5) is 13.2 Å². The number of ether oxygens (including phenoxy) is 2. The number of nitrogens with one attached hydrogen (secondary N) is 1. The monoisotopic (exact) mass is 556 g/mol. The number of carbonyl (C=O) groups excluding carboxylic acids is 1. The van der Waals surface area contributed by atoms with Crippen molar-refractivity contribution in [3.05, 3.63) is 106 Å². The van der Waals surface area contributed by atoms with Gasteiger partial charge in [-0.2, -0.15) is 18.3 Å². The Hall–Kier alpha value is -3.85. The van der Waals surface area contributed by atoms with E-state index in [1.807, 2.05) is 36.4 Å². The van der Waals surface area contributed by atoms with Crippen molar-refractivity contribution in [3.8, 4) is 11.5 Å². The Bertz CT molecular complexity index is 1440. The number of fused-ring (bicyclic) bond motifs is 1. The Labute approximate surface area is 213 Å². The fourth-order valence-corrected chi connectivity index (χ4v) is 4.08. The first kappa shape index (κ1) is 25.2. The average Bonchev–Trinajstić information content (AvgIpc) is 2.87. The molecule has 0 unspecified atom stereocenters. The zero-order valence-electron chi connectivity index (χ0n) is 19.0. The van der Waals surface area contributed by atoms with Crippen LogP contribution in [0.25, 0.3) is 10.8 Å². The van der Waals surface area contributed by atoms with E-state index < -0.39 is 17.6 Å². The van der Waals surface area contributed by atoms with Crippen molar-refractivity contribution < 1.29 is 27.4 Å². The van der Waals surface area contributed by atoms with Gasteiger partial charge in [0, 0.05) is 5.56 Å². The van der Waals surface area contributed by atoms with Crippen LogP contribution in [0.3, 0.4) is 0 Å². The lowest BCUT2D eigenvalue weighted by molar-refractivity contribution is -0.137. The third-order valence-electron chi connectivity index (χ3n) is 5.28. The van der Waals surface area contributed by atoms with Gasteiger partial charge in [0.05, 0.1) is 23.4 Å². The van der Waals surface area contributed by atoms with Crippen LogP contribution < -0.4 is 14.9 Å². The lowest BCUT2D eigenvalue weighted by Crippen LogP contribution is -2.18. The standard InChI is InChI=1S/C27H20BrF3N2O3/c1-35-24-13-18(15-32-33-26(34)21-7-4-8-22(14-21)27(29,30)31)12-23(28)25(24)36-16-17-9-10-19-5-2-3-6-20(19)11-17/h2-15H,16H2,1H3,(H,33,34)/b32-15-. The van der Waals surface area contributed by atoms with Gasteiger partial charge in [-0.3, -0.25) is 4.79 Å². The second kappa shape index (κ2) is 10.8. The smallest absolute Gasteiger partial charge is 0.416 e. The van der Waals surface area contributed by atoms with Gasteiger partial charge in [0.25, 0.3) is 5.91 Å². The van der Waals surface area contributed by atoms with Crippen molar-refractivity contribution >= 4 is 38.8 Å². The maximum Gasteiger partial charge on any atom is 0.416 e. The minimum atomic E-state index is -4.54. The number of alkyl halides is 3. The molecule has 9 heteroatoms. The molecule has 1 N–H and O–H groups in total. The number of carbonyl (C=O) groups is 1. The molecule has 0 saturated carbocycles. The fourth-order valence-electron chi connectivity index (χ4n) is 3.51. The topological polar surface area (TPSA) is 59.9 Å². The van der Waals surface area contributed by atoms with Gasteiger partial charge in [0.15, 0.2) is 11.5 Å². The molecule has 4 aromatic rings. The second-order valence-corrected chi connectivity index (χ2v) is 8.64. The molecule has 0 saturated heterocycles. The van der Waals surface area contributed by atoms with E-state index in [1.54, 1.807) is 12.1 Å². The minimum Gasteiger partial charge on any atom is -0.493 e. The summed E-state index contributed by atoms with van der Waals surface area (Å²) in [7, 11) is 1.50. The number of amides is 1. The van der Waals surface area contributed by atoms with E-state index in [0.29, 0.717) is 28.1 Å². The summed E-state index contributed by atoms with van der Waals surface area (Å²) in [5.74, 6) is 0.172. The molecule has 4 rings (SSSR count). The van der Waals surface area contributed by atoms with Gasteiger partial charge < -0.3 is 9.47 Å². The molecule has 0 fully saturated rings. The van der Waals surface area contributed by atoms with Crippen LogP contribution >= 0.6 is 15.9 Å². The van der Waals surface area contributed by atoms with E-state index in [1.165, 1.54) is 25.5 Å². The Balaban J connectivity index is 1.44. The van der Waals surface area contributed by atoms with E-state index in [0.717, 1.165) is 28.5 Å². The summed E-state index contributed by atoms with van der Waals surface area (Å²) in [4.78, 5) is 12.2. The molecule has 36 heavy (non-hydrogen) atoms. The quantitative estimate of drug-likeness (QED) is 0.197. The van der Waals surface area contributed by atoms with Crippen LogP contribution in [0.15, 0.2) is 88.4 Å². The first-order chi connectivity index (χ1) is 17.2. The van der Waals surface area contributed by atoms with Crippen molar-refractivity contribution in [2.45, 2.75) is 12.8 Å². The molecule has 184 valence electrons. The predicted molar refractivity (Wildman–Crippen MR) is 135 cm³/mol. The number of nitrogens with zero attached hydrogens (tertiary/aromatic N) is 1. The van der Waals surface area contributed by atoms with E-state index in [2.05, 4.69) is 32.5 Å². The number of hydrazone groups is 1. The predicted octanol–water partition coefficient (Wildman–Crippen LogP) is 6.97. The molecule has 0 spiro atoms. The van der Waals surface area contributed by atoms with Crippen molar-refractivity contribution in [2.24, 2.45) is 5.10 Å². The molecular formula is C27H20BrF3N2O3. The first-order valence-corrected chi connectivity index (χ1v) is 11.5. The van der Waals surface area contributed by atoms with Crippen LogP contribution in [-0.4, -0.2) is 19.2 Å². The molecule has 0 aliphatic heterocycles. The Morgan fingerprint density at radius 3 is 2.53 bits per heavy atom. The largest absolute Gasteiger partial charge is 0.493 e. The van der Waals surface area contributed by atoms with E-state index in [-0.39, 0.29) is 5.56 Å². The third kappa shape index (κ3) is 6.04. The number of halogens is 4. The third-order valence-corrected chi connectivity index (χ3v) is 5.87. The fraction of sp³-hybridized carbons (Fsp3) is 0.111. The van der Waals surface area contributed by atoms with Gasteiger partial charge in [-0.1, -0.05) is 42.5 Å². The summed E-state index contributed by atoms with van der Waals surface area (Å²) in [6, 6.07) is 21.6. The maximum atomic E-state index is 12.9. The van der Waals surface area contributed by atoms with E-state index in [9.17, 15) is 18.0 Å². The molecular weight excluding hydrogens is 537 g/mol. The van der Waals surface area contributed by atoms with Crippen LogP contribution in [-0.2, 0) is 12.8 Å². The molecule has 0 radical (unpaired) electrons. The first-order valence-electron chi connectivity index (χ1n) is 10.7. The minimum absolute atomic E-state index is 0.154. The van der Waals surface area contributed by atoms with E-state index >= 15 is 0 Å². The number of methoxy groups -OCH3 is 1. The van der Waals surface area contributed by atoms with Crippen LogP contribution in [0.5, 0.6) is 11.5 Å².